The summed E-state index contributed by atoms with van der Waals surface area (Å²) in [7, 11) is -3.32. The molecule has 14 heteroatoms. The van der Waals surface area contributed by atoms with Crippen molar-refractivity contribution in [3.8, 4) is 0 Å². The topological polar surface area (TPSA) is 144 Å². The molecule has 2 aliphatic carbocycles. The zero-order chi connectivity index (χ0) is 29.5. The highest BCUT2D eigenvalue weighted by atomic mass is 31.2. The molecule has 0 saturated heterocycles. The quantitative estimate of drug-likeness (QED) is 0.337. The summed E-state index contributed by atoms with van der Waals surface area (Å²) >= 11 is 0. The summed E-state index contributed by atoms with van der Waals surface area (Å²) in [5.74, 6) is 0.604. The molecule has 4 atom stereocenters. The van der Waals surface area contributed by atoms with Crippen LogP contribution in [0.15, 0.2) is 12.7 Å². The van der Waals surface area contributed by atoms with Gasteiger partial charge >= 0.3 is 19.8 Å². The van der Waals surface area contributed by atoms with Crippen LogP contribution in [0, 0.1) is 11.8 Å². The number of hydrogen-bond donors (Lipinski definition) is 0. The molecule has 2 saturated carbocycles. The van der Waals surface area contributed by atoms with E-state index in [1.807, 2.05) is 4.57 Å². The molecule has 0 aliphatic heterocycles. The van der Waals surface area contributed by atoms with Crippen molar-refractivity contribution in [2.75, 3.05) is 24.5 Å². The molecule has 40 heavy (non-hydrogen) atoms. The number of imidazole rings is 1. The van der Waals surface area contributed by atoms with Gasteiger partial charge in [0.15, 0.2) is 17.0 Å². The molecule has 0 bridgehead atoms. The van der Waals surface area contributed by atoms with Crippen LogP contribution in [-0.2, 0) is 27.8 Å². The van der Waals surface area contributed by atoms with Gasteiger partial charge in [0.2, 0.25) is 0 Å². The number of amides is 2. The van der Waals surface area contributed by atoms with Crippen molar-refractivity contribution in [2.24, 2.45) is 11.8 Å². The Morgan fingerprint density at radius 2 is 1.55 bits per heavy atom. The van der Waals surface area contributed by atoms with E-state index in [0.717, 1.165) is 11.3 Å². The Morgan fingerprint density at radius 1 is 0.950 bits per heavy atom. The summed E-state index contributed by atoms with van der Waals surface area (Å²) < 4.78 is 42.6. The lowest BCUT2D eigenvalue weighted by molar-refractivity contribution is 0.0429. The van der Waals surface area contributed by atoms with Crippen LogP contribution in [0.5, 0.6) is 0 Å². The smallest absolute Gasteiger partial charge is 0.425 e. The summed E-state index contributed by atoms with van der Waals surface area (Å²) in [6, 6.07) is 0.0119. The first kappa shape index (κ1) is 30.4. The van der Waals surface area contributed by atoms with E-state index < -0.39 is 31.0 Å². The molecular formula is C26H40N5O8P. The Balaban J connectivity index is 1.60. The Hall–Kier alpha value is -2.60. The second-order valence-corrected chi connectivity index (χ2v) is 14.0. The highest BCUT2D eigenvalue weighted by Gasteiger charge is 2.56. The predicted octanol–water partition coefficient (Wildman–Crippen LogP) is 5.69. The fourth-order valence-electron chi connectivity index (χ4n) is 5.01. The molecule has 0 spiro atoms. The number of carbonyl (C=O) groups excluding carboxylic acids is 2. The first-order valence-corrected chi connectivity index (χ1v) is 15.3. The minimum Gasteiger partial charge on any atom is -0.443 e. The molecule has 13 nitrogen and oxygen atoms in total. The van der Waals surface area contributed by atoms with Crippen molar-refractivity contribution in [3.63, 3.8) is 0 Å². The van der Waals surface area contributed by atoms with Gasteiger partial charge in [-0.2, -0.15) is 4.90 Å². The van der Waals surface area contributed by atoms with Crippen LogP contribution in [0.25, 0.3) is 11.2 Å². The third kappa shape index (κ3) is 6.82. The van der Waals surface area contributed by atoms with Gasteiger partial charge < -0.3 is 27.8 Å². The summed E-state index contributed by atoms with van der Waals surface area (Å²) in [6.45, 7) is 14.3. The number of hydrogen-bond acceptors (Lipinski definition) is 11. The predicted molar refractivity (Wildman–Crippen MR) is 146 cm³/mol. The first-order chi connectivity index (χ1) is 18.7. The van der Waals surface area contributed by atoms with E-state index >= 15 is 0 Å². The van der Waals surface area contributed by atoms with E-state index in [1.165, 1.54) is 6.33 Å². The number of ether oxygens (including phenoxy) is 3. The molecule has 222 valence electrons. The maximum Gasteiger partial charge on any atom is 0.425 e. The van der Waals surface area contributed by atoms with Gasteiger partial charge in [0.1, 0.15) is 23.9 Å². The maximum absolute atomic E-state index is 13.2. The van der Waals surface area contributed by atoms with Crippen LogP contribution in [0.1, 0.15) is 74.3 Å². The van der Waals surface area contributed by atoms with Gasteiger partial charge in [0.05, 0.1) is 25.6 Å². The fourth-order valence-corrected chi connectivity index (χ4v) is 6.39. The first-order valence-electron chi connectivity index (χ1n) is 13.6. The number of carbonyl (C=O) groups is 2. The average Bonchev–Trinajstić information content (AvgIpc) is 3.34. The van der Waals surface area contributed by atoms with Crippen LogP contribution in [0.3, 0.4) is 0 Å². The number of fused-ring (bicyclic) bond motifs is 2. The van der Waals surface area contributed by atoms with E-state index in [1.54, 1.807) is 61.7 Å². The molecule has 4 rings (SSSR count). The van der Waals surface area contributed by atoms with Crippen molar-refractivity contribution in [3.05, 3.63) is 12.7 Å². The van der Waals surface area contributed by atoms with E-state index in [9.17, 15) is 14.2 Å². The number of rotatable bonds is 9. The standard InChI is InChI=1S/C26H40N5O8P/c1-9-36-40(34,37-10-2)15-35-19-12-18(16-11-17(16)19)30-14-29-20-21(30)27-13-28-22(20)31(23(32)38-25(3,4)5)24(33)39-26(6,7)8/h13-14,16-19H,9-12,15H2,1-8H3/t16-,17+,18-,19+/m1/s1. The van der Waals surface area contributed by atoms with Gasteiger partial charge in [-0.1, -0.05) is 0 Å². The monoisotopic (exact) mass is 581 g/mol. The van der Waals surface area contributed by atoms with Crippen LogP contribution in [-0.4, -0.2) is 68.6 Å². The van der Waals surface area contributed by atoms with Crippen molar-refractivity contribution < 1.29 is 37.4 Å². The number of aromatic nitrogens is 4. The van der Waals surface area contributed by atoms with E-state index in [-0.39, 0.29) is 43.0 Å². The molecule has 0 unspecified atom stereocenters. The molecule has 2 aliphatic rings. The third-order valence-corrected chi connectivity index (χ3v) is 8.26. The maximum atomic E-state index is 13.2. The highest BCUT2D eigenvalue weighted by Crippen LogP contribution is 2.60. The normalized spacial score (nSPS) is 22.7. The number of imide groups is 1. The van der Waals surface area contributed by atoms with Gasteiger partial charge in [0, 0.05) is 6.04 Å². The highest BCUT2D eigenvalue weighted by molar-refractivity contribution is 7.53. The average molecular weight is 582 g/mol. The van der Waals surface area contributed by atoms with Crippen molar-refractivity contribution in [2.45, 2.75) is 91.6 Å². The third-order valence-electron chi connectivity index (χ3n) is 6.50. The largest absolute Gasteiger partial charge is 0.443 e. The Kier molecular flexibility index (Phi) is 8.61. The number of anilines is 1. The van der Waals surface area contributed by atoms with E-state index in [0.29, 0.717) is 23.9 Å². The minimum absolute atomic E-state index is 0.0119. The zero-order valence-corrected chi connectivity index (χ0v) is 25.3. The van der Waals surface area contributed by atoms with Gasteiger partial charge in [-0.05, 0) is 80.1 Å². The molecule has 0 aromatic carbocycles. The Bertz CT molecular complexity index is 1250. The van der Waals surface area contributed by atoms with Crippen LogP contribution in [0.4, 0.5) is 15.4 Å². The zero-order valence-electron chi connectivity index (χ0n) is 24.4. The van der Waals surface area contributed by atoms with Crippen molar-refractivity contribution in [1.29, 1.82) is 0 Å². The molecule has 2 amide bonds. The molecule has 2 heterocycles. The molecule has 2 fully saturated rings. The van der Waals surface area contributed by atoms with Crippen LogP contribution >= 0.6 is 7.60 Å². The van der Waals surface area contributed by atoms with Crippen LogP contribution < -0.4 is 4.90 Å². The SMILES string of the molecule is CCOP(=O)(CO[C@H]1C[C@@H](n2cnc3c(N(C(=O)OC(C)(C)C)C(=O)OC(C)(C)C)ncnc32)[C@@H]2C[C@@H]21)OCC. The molecular weight excluding hydrogens is 541 g/mol. The van der Waals surface area contributed by atoms with Crippen molar-refractivity contribution in [1.82, 2.24) is 19.5 Å². The molecule has 0 radical (unpaired) electrons. The van der Waals surface area contributed by atoms with Gasteiger partial charge in [-0.3, -0.25) is 4.57 Å². The molecule has 0 N–H and O–H groups in total. The van der Waals surface area contributed by atoms with E-state index in [2.05, 4.69) is 15.0 Å². The van der Waals surface area contributed by atoms with Gasteiger partial charge in [-0.15, -0.1) is 0 Å². The summed E-state index contributed by atoms with van der Waals surface area (Å²) in [5.41, 5.74) is -1.00. The lowest BCUT2D eigenvalue weighted by Gasteiger charge is -2.28. The summed E-state index contributed by atoms with van der Waals surface area (Å²) in [6.07, 6.45) is 2.44. The lowest BCUT2D eigenvalue weighted by atomic mass is 10.1. The minimum atomic E-state index is -3.32. The Labute approximate surface area is 234 Å². The van der Waals surface area contributed by atoms with Gasteiger partial charge in [0.25, 0.3) is 0 Å². The van der Waals surface area contributed by atoms with Crippen LogP contribution in [0.2, 0.25) is 0 Å². The lowest BCUT2D eigenvalue weighted by Crippen LogP contribution is -2.44. The molecule has 2 aromatic rings. The summed E-state index contributed by atoms with van der Waals surface area (Å²) in [5, 5.41) is 0. The second kappa shape index (κ2) is 11.3. The number of nitrogens with zero attached hydrogens (tertiary/aromatic N) is 5. The second-order valence-electron chi connectivity index (χ2n) is 12.0. The van der Waals surface area contributed by atoms with Crippen molar-refractivity contribution >= 4 is 36.8 Å². The molecule has 2 aromatic heterocycles. The summed E-state index contributed by atoms with van der Waals surface area (Å²) in [4.78, 5) is 40.3. The Morgan fingerprint density at radius 3 is 2.10 bits per heavy atom. The fraction of sp³-hybridized carbons (Fsp3) is 0.731. The van der Waals surface area contributed by atoms with E-state index in [4.69, 9.17) is 23.3 Å². The van der Waals surface area contributed by atoms with Gasteiger partial charge in [-0.25, -0.2) is 24.5 Å².